The molecule has 0 aromatic carbocycles. The Labute approximate surface area is 263 Å². The molecule has 0 aliphatic carbocycles. The molecule has 0 amide bonds. The van der Waals surface area contributed by atoms with Crippen LogP contribution in [-0.2, 0) is 43.9 Å². The summed E-state index contributed by atoms with van der Waals surface area (Å²) in [6.45, 7) is -9.72. The third kappa shape index (κ3) is 5.83. The number of hydrogen-bond donors (Lipinski definition) is 5. The number of alkyl halides is 1. The molecule has 7 rings (SSSR count). The minimum absolute atomic E-state index is 0. The highest BCUT2D eigenvalue weighted by Crippen LogP contribution is 2.58. The smallest absolute Gasteiger partial charge is 0.386 e. The highest BCUT2D eigenvalue weighted by Gasteiger charge is 2.53. The zero-order valence-electron chi connectivity index (χ0n) is 22.0. The molecule has 6 N–H and O–H groups in total. The molecule has 10 atom stereocenters. The van der Waals surface area contributed by atoms with Crippen LogP contribution < -0.4 is 11.5 Å². The summed E-state index contributed by atoms with van der Waals surface area (Å²) in [6.07, 6.45) is -6.71. The van der Waals surface area contributed by atoms with Crippen molar-refractivity contribution >= 4 is 71.5 Å². The van der Waals surface area contributed by atoms with Crippen LogP contribution in [0.25, 0.3) is 22.3 Å². The Bertz CT molecular complexity index is 1840. The quantitative estimate of drug-likeness (QED) is 0.144. The molecule has 3 saturated heterocycles. The number of nitrogen functional groups attached to an aromatic ring is 2. The van der Waals surface area contributed by atoms with Gasteiger partial charge in [-0.1, -0.05) is 19.7 Å². The molecule has 2 bridgehead atoms. The van der Waals surface area contributed by atoms with Gasteiger partial charge >= 0.3 is 13.5 Å². The first kappa shape index (κ1) is 32.5. The lowest BCUT2D eigenvalue weighted by Crippen LogP contribution is -2.35. The number of rotatable bonds is 2. The number of imidazole rings is 2. The zero-order chi connectivity index (χ0) is 31.0. The summed E-state index contributed by atoms with van der Waals surface area (Å²) in [5, 5.41) is 11.1. The molecule has 4 aromatic heterocycles. The first-order chi connectivity index (χ1) is 20.9. The Kier molecular flexibility index (Phi) is 8.64. The number of nitrogens with two attached hydrogens (primary N) is 2. The van der Waals surface area contributed by atoms with Gasteiger partial charge < -0.3 is 35.5 Å². The van der Waals surface area contributed by atoms with Crippen molar-refractivity contribution in [3.63, 3.8) is 0 Å². The molecule has 244 valence electrons. The van der Waals surface area contributed by atoms with Gasteiger partial charge in [0.25, 0.3) is 0 Å². The predicted octanol–water partition coefficient (Wildman–Crippen LogP) is 1.03. The number of aliphatic hydroxyl groups excluding tert-OH is 1. The molecule has 0 radical (unpaired) electrons. The number of ether oxygens (including phenoxy) is 2. The highest BCUT2D eigenvalue weighted by molar-refractivity contribution is 8.44. The van der Waals surface area contributed by atoms with Crippen LogP contribution in [-0.4, -0.2) is 98.9 Å². The third-order valence-corrected chi connectivity index (χ3v) is 10.4. The lowest BCUT2D eigenvalue weighted by molar-refractivity contribution is -0.0587. The van der Waals surface area contributed by atoms with Crippen molar-refractivity contribution in [2.24, 2.45) is 0 Å². The zero-order valence-corrected chi connectivity index (χ0v) is 25.5. The number of halogens is 1. The molecule has 4 aromatic rings. The van der Waals surface area contributed by atoms with Crippen molar-refractivity contribution in [2.45, 2.75) is 56.6 Å². The van der Waals surface area contributed by atoms with Crippen molar-refractivity contribution in [1.82, 2.24) is 39.0 Å². The number of aromatic nitrogens is 8. The van der Waals surface area contributed by atoms with Gasteiger partial charge in [0.1, 0.15) is 54.2 Å². The third-order valence-electron chi connectivity index (χ3n) is 7.22. The van der Waals surface area contributed by atoms with E-state index in [9.17, 15) is 14.6 Å². The Balaban J connectivity index is 0.00000357. The summed E-state index contributed by atoms with van der Waals surface area (Å²) in [5.41, 5.74) is 12.6. The number of aliphatic hydroxyl groups is 1. The van der Waals surface area contributed by atoms with Crippen LogP contribution in [0.2, 0.25) is 0 Å². The molecule has 10 unspecified atom stereocenters. The van der Waals surface area contributed by atoms with E-state index in [1.54, 1.807) is 0 Å². The summed E-state index contributed by atoms with van der Waals surface area (Å²) < 4.78 is 66.1. The molecule has 19 nitrogen and oxygen atoms in total. The molecule has 0 saturated carbocycles. The van der Waals surface area contributed by atoms with Crippen molar-refractivity contribution < 1.29 is 46.5 Å². The summed E-state index contributed by atoms with van der Waals surface area (Å²) >= 11 is 9.26. The van der Waals surface area contributed by atoms with Gasteiger partial charge in [0.05, 0.1) is 25.9 Å². The first-order valence-corrected chi connectivity index (χ1v) is 18.0. The number of hydrogen-bond acceptors (Lipinski definition) is 17. The second kappa shape index (κ2) is 12.0. The van der Waals surface area contributed by atoms with Gasteiger partial charge in [0.2, 0.25) is 0 Å². The van der Waals surface area contributed by atoms with E-state index in [0.717, 1.165) is 0 Å². The molecular formula is C21H27FN10O9P2S2. The van der Waals surface area contributed by atoms with E-state index >= 15 is 4.39 Å². The fourth-order valence-electron chi connectivity index (χ4n) is 5.19. The largest absolute Gasteiger partial charge is 0.387 e. The second-order valence-corrected chi connectivity index (χ2v) is 15.6. The summed E-state index contributed by atoms with van der Waals surface area (Å²) in [4.78, 5) is 35.4. The van der Waals surface area contributed by atoms with Crippen LogP contribution >= 0.6 is 25.8 Å². The molecular weight excluding hydrogens is 681 g/mol. The maximum absolute atomic E-state index is 16.0. The topological polar surface area (TPSA) is 252 Å². The summed E-state index contributed by atoms with van der Waals surface area (Å²) in [5.74, 6) is 0.151. The molecule has 45 heavy (non-hydrogen) atoms. The lowest BCUT2D eigenvalue weighted by atomic mass is 10.1. The molecule has 3 fully saturated rings. The van der Waals surface area contributed by atoms with Gasteiger partial charge in [-0.25, -0.2) is 38.9 Å². The Hall–Kier alpha value is -2.46. The van der Waals surface area contributed by atoms with Crippen molar-refractivity contribution in [3.05, 3.63) is 25.3 Å². The minimum atomic E-state index is -4.35. The van der Waals surface area contributed by atoms with Crippen molar-refractivity contribution in [3.8, 4) is 0 Å². The molecule has 3 aliphatic rings. The van der Waals surface area contributed by atoms with E-state index in [4.69, 9.17) is 50.8 Å². The lowest BCUT2D eigenvalue weighted by Gasteiger charge is -2.27. The number of nitrogens with zero attached hydrogens (tertiary/aromatic N) is 8. The van der Waals surface area contributed by atoms with E-state index in [0.29, 0.717) is 0 Å². The summed E-state index contributed by atoms with van der Waals surface area (Å²) in [7, 11) is 0. The monoisotopic (exact) mass is 708 g/mol. The minimum Gasteiger partial charge on any atom is -0.387 e. The Morgan fingerprint density at radius 1 is 0.889 bits per heavy atom. The maximum Gasteiger partial charge on any atom is 0.386 e. The van der Waals surface area contributed by atoms with E-state index in [-0.39, 0.29) is 41.4 Å². The Morgan fingerprint density at radius 2 is 1.44 bits per heavy atom. The number of thiol groups is 1. The van der Waals surface area contributed by atoms with Gasteiger partial charge in [-0.2, -0.15) is 0 Å². The second-order valence-electron chi connectivity index (χ2n) is 9.90. The Morgan fingerprint density at radius 3 is 2.07 bits per heavy atom. The summed E-state index contributed by atoms with van der Waals surface area (Å²) in [6, 6.07) is 0. The number of fused-ring (bicyclic) bond motifs is 5. The van der Waals surface area contributed by atoms with Crippen LogP contribution in [0.15, 0.2) is 25.3 Å². The van der Waals surface area contributed by atoms with Gasteiger partial charge in [-0.3, -0.25) is 22.7 Å². The molecule has 7 heterocycles. The van der Waals surface area contributed by atoms with Gasteiger partial charge in [-0.15, -0.1) is 0 Å². The predicted molar refractivity (Wildman–Crippen MR) is 160 cm³/mol. The first-order valence-electron chi connectivity index (χ1n) is 12.7. The highest BCUT2D eigenvalue weighted by atomic mass is 32.7. The molecule has 24 heteroatoms. The molecule has 3 aliphatic heterocycles. The van der Waals surface area contributed by atoms with E-state index < -0.39 is 75.9 Å². The van der Waals surface area contributed by atoms with Gasteiger partial charge in [0.15, 0.2) is 41.6 Å². The van der Waals surface area contributed by atoms with Crippen LogP contribution in [0, 0.1) is 0 Å². The average Bonchev–Trinajstić information content (AvgIpc) is 3.73. The fraction of sp³-hybridized carbons (Fsp3) is 0.524. The van der Waals surface area contributed by atoms with E-state index in [1.807, 2.05) is 0 Å². The van der Waals surface area contributed by atoms with Crippen molar-refractivity contribution in [1.29, 1.82) is 0 Å². The normalized spacial score (nSPS) is 37.4. The SMILES string of the molecule is C.Nc1ncnc2c1ncn2C1OC2COP(O)(=S)OC3C(O)C(COP(=O)(S)OC2C1F)OC3n1cnc2c(N)ncnc21. The van der Waals surface area contributed by atoms with Crippen molar-refractivity contribution in [2.75, 3.05) is 24.7 Å². The van der Waals surface area contributed by atoms with Crippen LogP contribution in [0.1, 0.15) is 19.9 Å². The molecule has 0 spiro atoms. The fourth-order valence-corrected chi connectivity index (χ4v) is 8.08. The average molecular weight is 709 g/mol. The number of anilines is 2. The van der Waals surface area contributed by atoms with Crippen LogP contribution in [0.4, 0.5) is 16.0 Å². The van der Waals surface area contributed by atoms with Crippen LogP contribution in [0.3, 0.4) is 0 Å². The van der Waals surface area contributed by atoms with Gasteiger partial charge in [-0.05, 0) is 11.8 Å². The standard InChI is InChI=1S/C20H23FN10O9P2S2.CH4/c21-9-13-8(38-19(9)30-5-28-10-15(22)24-3-26-17(10)30)2-36-42(34,44)40-14-12(32)7(1-35-41(33,43)39-13)37-20(14)31-6-29-11-16(23)25-4-27-18(11)31;/h3-9,12-14,19-20,32H,1-2H2,(H,33,43)(H,34,44)(H2,22,24,26)(H2,23,25,27);1H4. The maximum atomic E-state index is 16.0. The van der Waals surface area contributed by atoms with E-state index in [2.05, 4.69) is 42.2 Å². The van der Waals surface area contributed by atoms with E-state index in [1.165, 1.54) is 34.4 Å². The van der Waals surface area contributed by atoms with Gasteiger partial charge in [0, 0.05) is 0 Å². The van der Waals surface area contributed by atoms with Crippen LogP contribution in [0.5, 0.6) is 0 Å².